The maximum Gasteiger partial charge on any atom is 0.318 e. The minimum Gasteiger partial charge on any atom is -0.452 e. The summed E-state index contributed by atoms with van der Waals surface area (Å²) in [5.41, 5.74) is 5.30. The van der Waals surface area contributed by atoms with Gasteiger partial charge in [-0.3, -0.25) is 14.9 Å². The molecule has 0 aliphatic carbocycles. The molecule has 6 nitrogen and oxygen atoms in total. The number of benzene rings is 1. The van der Waals surface area contributed by atoms with E-state index in [1.807, 2.05) is 0 Å². The standard InChI is InChI=1S/C12H13FN2O4/c1-7(11(17)15-12(14)18)19-10(16)6-8-2-4-9(13)5-3-8/h2-5,7H,6H2,1H3,(H3,14,15,17,18)/t7-/m1/s1. The van der Waals surface area contributed by atoms with Crippen molar-refractivity contribution in [1.29, 1.82) is 0 Å². The zero-order valence-corrected chi connectivity index (χ0v) is 10.2. The molecule has 0 saturated heterocycles. The Balaban J connectivity index is 2.48. The summed E-state index contributed by atoms with van der Waals surface area (Å²) >= 11 is 0. The van der Waals surface area contributed by atoms with Crippen molar-refractivity contribution in [2.24, 2.45) is 5.73 Å². The first-order chi connectivity index (χ1) is 8.88. The molecule has 0 radical (unpaired) electrons. The van der Waals surface area contributed by atoms with Gasteiger partial charge in [0.1, 0.15) is 5.82 Å². The third-order valence-electron chi connectivity index (χ3n) is 2.19. The summed E-state index contributed by atoms with van der Waals surface area (Å²) in [6, 6.07) is 4.28. The van der Waals surface area contributed by atoms with Crippen molar-refractivity contribution in [3.8, 4) is 0 Å². The Kier molecular flexibility index (Phi) is 4.99. The fourth-order valence-corrected chi connectivity index (χ4v) is 1.28. The number of hydrogen-bond acceptors (Lipinski definition) is 4. The Morgan fingerprint density at radius 3 is 2.42 bits per heavy atom. The molecule has 0 aliphatic rings. The van der Waals surface area contributed by atoms with Crippen LogP contribution in [-0.2, 0) is 20.7 Å². The van der Waals surface area contributed by atoms with Crippen LogP contribution in [0.3, 0.4) is 0 Å². The highest BCUT2D eigenvalue weighted by Gasteiger charge is 2.18. The second-order valence-corrected chi connectivity index (χ2v) is 3.79. The van der Waals surface area contributed by atoms with Crippen LogP contribution in [0.15, 0.2) is 24.3 Å². The van der Waals surface area contributed by atoms with Gasteiger partial charge >= 0.3 is 12.0 Å². The number of hydrogen-bond donors (Lipinski definition) is 2. The molecule has 0 aliphatic heterocycles. The molecule has 1 aromatic rings. The van der Waals surface area contributed by atoms with E-state index in [0.717, 1.165) is 0 Å². The molecule has 102 valence electrons. The molecule has 7 heteroatoms. The molecule has 0 aromatic heterocycles. The fraction of sp³-hybridized carbons (Fsp3) is 0.250. The van der Waals surface area contributed by atoms with Gasteiger partial charge in [-0.2, -0.15) is 0 Å². The van der Waals surface area contributed by atoms with E-state index in [2.05, 4.69) is 0 Å². The number of rotatable bonds is 4. The summed E-state index contributed by atoms with van der Waals surface area (Å²) < 4.78 is 17.4. The number of carbonyl (C=O) groups is 3. The summed E-state index contributed by atoms with van der Waals surface area (Å²) in [6.45, 7) is 1.31. The van der Waals surface area contributed by atoms with Gasteiger partial charge in [-0.05, 0) is 24.6 Å². The summed E-state index contributed by atoms with van der Waals surface area (Å²) in [5.74, 6) is -1.88. The van der Waals surface area contributed by atoms with Crippen molar-refractivity contribution in [2.45, 2.75) is 19.4 Å². The SMILES string of the molecule is C[C@@H](OC(=O)Cc1ccc(F)cc1)C(=O)NC(N)=O. The van der Waals surface area contributed by atoms with Crippen molar-refractivity contribution in [2.75, 3.05) is 0 Å². The fourth-order valence-electron chi connectivity index (χ4n) is 1.28. The predicted octanol–water partition coefficient (Wildman–Crippen LogP) is 0.495. The zero-order valence-electron chi connectivity index (χ0n) is 10.2. The van der Waals surface area contributed by atoms with E-state index in [4.69, 9.17) is 10.5 Å². The quantitative estimate of drug-likeness (QED) is 0.776. The number of ether oxygens (including phenoxy) is 1. The zero-order chi connectivity index (χ0) is 14.4. The molecule has 0 unspecified atom stereocenters. The lowest BCUT2D eigenvalue weighted by Gasteiger charge is -2.11. The molecule has 0 heterocycles. The van der Waals surface area contributed by atoms with Gasteiger partial charge < -0.3 is 10.5 Å². The average molecular weight is 268 g/mol. The third-order valence-corrected chi connectivity index (χ3v) is 2.19. The van der Waals surface area contributed by atoms with Crippen molar-refractivity contribution >= 4 is 17.9 Å². The van der Waals surface area contributed by atoms with Crippen LogP contribution in [0, 0.1) is 5.82 Å². The number of esters is 1. The summed E-state index contributed by atoms with van der Waals surface area (Å²) in [6.07, 6.45) is -1.24. The normalized spacial score (nSPS) is 11.5. The van der Waals surface area contributed by atoms with Crippen LogP contribution in [0.25, 0.3) is 0 Å². The number of imide groups is 1. The van der Waals surface area contributed by atoms with Gasteiger partial charge in [0.05, 0.1) is 6.42 Å². The van der Waals surface area contributed by atoms with Crippen LogP contribution >= 0.6 is 0 Å². The molecular formula is C12H13FN2O4. The molecule has 3 N–H and O–H groups in total. The van der Waals surface area contributed by atoms with Crippen molar-refractivity contribution in [3.05, 3.63) is 35.6 Å². The first kappa shape index (κ1) is 14.6. The number of halogens is 1. The Bertz CT molecular complexity index is 487. The van der Waals surface area contributed by atoms with E-state index in [0.29, 0.717) is 5.56 Å². The molecule has 0 saturated carbocycles. The van der Waals surface area contributed by atoms with Gasteiger partial charge in [0.15, 0.2) is 6.10 Å². The third kappa shape index (κ3) is 5.15. The number of nitrogens with two attached hydrogens (primary N) is 1. The van der Waals surface area contributed by atoms with Crippen molar-refractivity contribution in [1.82, 2.24) is 5.32 Å². The maximum absolute atomic E-state index is 12.6. The van der Waals surface area contributed by atoms with Crippen LogP contribution in [0.5, 0.6) is 0 Å². The lowest BCUT2D eigenvalue weighted by atomic mass is 10.1. The minimum absolute atomic E-state index is 0.103. The first-order valence-electron chi connectivity index (χ1n) is 5.42. The first-order valence-corrected chi connectivity index (χ1v) is 5.42. The highest BCUT2D eigenvalue weighted by molar-refractivity contribution is 5.96. The summed E-state index contributed by atoms with van der Waals surface area (Å²) in [7, 11) is 0. The van der Waals surface area contributed by atoms with Gasteiger partial charge in [0.25, 0.3) is 5.91 Å². The Morgan fingerprint density at radius 2 is 1.89 bits per heavy atom. The lowest BCUT2D eigenvalue weighted by molar-refractivity contribution is -0.153. The molecule has 19 heavy (non-hydrogen) atoms. The molecule has 1 aromatic carbocycles. The summed E-state index contributed by atoms with van der Waals surface area (Å²) in [5, 5.41) is 1.79. The Morgan fingerprint density at radius 1 is 1.32 bits per heavy atom. The number of nitrogens with one attached hydrogen (secondary N) is 1. The number of carbonyl (C=O) groups excluding carboxylic acids is 3. The minimum atomic E-state index is -1.14. The highest BCUT2D eigenvalue weighted by atomic mass is 19.1. The monoisotopic (exact) mass is 268 g/mol. The topological polar surface area (TPSA) is 98.5 Å². The number of amides is 3. The van der Waals surface area contributed by atoms with Crippen LogP contribution in [0.1, 0.15) is 12.5 Å². The van der Waals surface area contributed by atoms with E-state index < -0.39 is 29.8 Å². The highest BCUT2D eigenvalue weighted by Crippen LogP contribution is 2.05. The van der Waals surface area contributed by atoms with E-state index in [-0.39, 0.29) is 6.42 Å². The van der Waals surface area contributed by atoms with Crippen LogP contribution in [0.2, 0.25) is 0 Å². The lowest BCUT2D eigenvalue weighted by Crippen LogP contribution is -2.42. The van der Waals surface area contributed by atoms with Crippen LogP contribution < -0.4 is 11.1 Å². The Labute approximate surface area is 108 Å². The van der Waals surface area contributed by atoms with Gasteiger partial charge in [-0.25, -0.2) is 9.18 Å². The van der Waals surface area contributed by atoms with E-state index >= 15 is 0 Å². The van der Waals surface area contributed by atoms with Crippen LogP contribution in [0.4, 0.5) is 9.18 Å². The van der Waals surface area contributed by atoms with Gasteiger partial charge in [-0.1, -0.05) is 12.1 Å². The van der Waals surface area contributed by atoms with E-state index in [1.54, 1.807) is 5.32 Å². The second-order valence-electron chi connectivity index (χ2n) is 3.79. The molecule has 1 rings (SSSR count). The number of primary amides is 1. The molecule has 3 amide bonds. The summed E-state index contributed by atoms with van der Waals surface area (Å²) in [4.78, 5) is 33.2. The number of urea groups is 1. The Hall–Kier alpha value is -2.44. The molecule has 0 bridgehead atoms. The van der Waals surface area contributed by atoms with Crippen LogP contribution in [-0.4, -0.2) is 24.0 Å². The van der Waals surface area contributed by atoms with Crippen molar-refractivity contribution in [3.63, 3.8) is 0 Å². The van der Waals surface area contributed by atoms with Gasteiger partial charge in [-0.15, -0.1) is 0 Å². The smallest absolute Gasteiger partial charge is 0.318 e. The molecule has 0 fully saturated rings. The maximum atomic E-state index is 12.6. The van der Waals surface area contributed by atoms with E-state index in [9.17, 15) is 18.8 Å². The molecule has 0 spiro atoms. The molecular weight excluding hydrogens is 255 g/mol. The largest absolute Gasteiger partial charge is 0.452 e. The van der Waals surface area contributed by atoms with Gasteiger partial charge in [0, 0.05) is 0 Å². The van der Waals surface area contributed by atoms with Gasteiger partial charge in [0.2, 0.25) is 0 Å². The van der Waals surface area contributed by atoms with Crippen molar-refractivity contribution < 1.29 is 23.5 Å². The van der Waals surface area contributed by atoms with E-state index in [1.165, 1.54) is 31.2 Å². The molecule has 1 atom stereocenters. The second kappa shape index (κ2) is 6.48. The average Bonchev–Trinajstić information content (AvgIpc) is 2.31. The predicted molar refractivity (Wildman–Crippen MR) is 63.4 cm³/mol.